The average molecular weight is 366 g/mol. The molecule has 8 heteroatoms. The van der Waals surface area contributed by atoms with Crippen LogP contribution in [0.25, 0.3) is 16.6 Å². The number of aliphatic hydroxyl groups excluding tert-OH is 1. The second-order valence-electron chi connectivity index (χ2n) is 5.83. The lowest BCUT2D eigenvalue weighted by Gasteiger charge is -2.11. The number of carbonyl (C=O) groups excluding carboxylic acids is 1. The summed E-state index contributed by atoms with van der Waals surface area (Å²) in [5, 5.41) is 19.4. The van der Waals surface area contributed by atoms with Crippen LogP contribution in [-0.4, -0.2) is 32.0 Å². The standard InChI is InChI=1S/C16H13Cl2N3O3/c1-15(8-16(15,17)18)14(23)24-7-12(22)9(6-19)13-20-10-4-2-3-5-11(10)21-13/h2-5,22H,7-8H2,1H3,(H,20,21). The molecule has 1 aromatic heterocycles. The van der Waals surface area contributed by atoms with Crippen molar-refractivity contribution < 1.29 is 14.6 Å². The van der Waals surface area contributed by atoms with Gasteiger partial charge in [0, 0.05) is 6.42 Å². The van der Waals surface area contributed by atoms with Gasteiger partial charge in [-0.3, -0.25) is 4.79 Å². The number of hydrogen-bond donors (Lipinski definition) is 2. The monoisotopic (exact) mass is 365 g/mol. The van der Waals surface area contributed by atoms with Gasteiger partial charge in [0.15, 0.2) is 11.6 Å². The number of hydrogen-bond acceptors (Lipinski definition) is 5. The summed E-state index contributed by atoms with van der Waals surface area (Å²) in [6.07, 6.45) is 0.279. The number of para-hydroxylation sites is 2. The predicted molar refractivity (Wildman–Crippen MR) is 89.4 cm³/mol. The second kappa shape index (κ2) is 5.69. The smallest absolute Gasteiger partial charge is 0.315 e. The number of aromatic amines is 1. The maximum Gasteiger partial charge on any atom is 0.315 e. The van der Waals surface area contributed by atoms with Crippen LogP contribution in [0.1, 0.15) is 19.2 Å². The van der Waals surface area contributed by atoms with E-state index < -0.39 is 28.1 Å². The van der Waals surface area contributed by atoms with Crippen molar-refractivity contribution in [3.63, 3.8) is 0 Å². The summed E-state index contributed by atoms with van der Waals surface area (Å²) in [5.74, 6) is -0.821. The first-order chi connectivity index (χ1) is 11.3. The summed E-state index contributed by atoms with van der Waals surface area (Å²) >= 11 is 11.8. The quantitative estimate of drug-likeness (QED) is 0.374. The molecule has 1 fully saturated rings. The third kappa shape index (κ3) is 2.70. The van der Waals surface area contributed by atoms with Crippen molar-refractivity contribution in [2.24, 2.45) is 5.41 Å². The molecule has 1 aliphatic rings. The van der Waals surface area contributed by atoms with Gasteiger partial charge < -0.3 is 14.8 Å². The van der Waals surface area contributed by atoms with Crippen molar-refractivity contribution in [2.45, 2.75) is 17.7 Å². The minimum Gasteiger partial charge on any atom is -0.507 e. The highest BCUT2D eigenvalue weighted by atomic mass is 35.5. The van der Waals surface area contributed by atoms with E-state index in [1.54, 1.807) is 19.1 Å². The molecule has 0 saturated heterocycles. The Hall–Kier alpha value is -2.23. The molecule has 6 nitrogen and oxygen atoms in total. The van der Waals surface area contributed by atoms with Gasteiger partial charge in [0.05, 0.1) is 11.0 Å². The Labute approximate surface area is 147 Å². The molecule has 3 rings (SSSR count). The number of carbonyl (C=O) groups is 1. The fourth-order valence-corrected chi connectivity index (χ4v) is 3.00. The summed E-state index contributed by atoms with van der Waals surface area (Å²) in [4.78, 5) is 19.2. The number of alkyl halides is 2. The molecule has 1 unspecified atom stereocenters. The van der Waals surface area contributed by atoms with Gasteiger partial charge in [0.1, 0.15) is 28.0 Å². The Balaban J connectivity index is 1.79. The van der Waals surface area contributed by atoms with E-state index in [0.29, 0.717) is 5.52 Å². The number of fused-ring (bicyclic) bond motifs is 1. The zero-order valence-electron chi connectivity index (χ0n) is 12.6. The molecule has 1 heterocycles. The van der Waals surface area contributed by atoms with E-state index in [1.807, 2.05) is 18.2 Å². The van der Waals surface area contributed by atoms with Gasteiger partial charge in [-0.05, 0) is 19.1 Å². The molecular weight excluding hydrogens is 353 g/mol. The molecule has 0 aliphatic heterocycles. The molecule has 1 atom stereocenters. The fourth-order valence-electron chi connectivity index (χ4n) is 2.31. The maximum atomic E-state index is 12.0. The van der Waals surface area contributed by atoms with Gasteiger partial charge in [0.2, 0.25) is 0 Å². The number of nitrogens with one attached hydrogen (secondary N) is 1. The zero-order valence-corrected chi connectivity index (χ0v) is 14.1. The van der Waals surface area contributed by atoms with Gasteiger partial charge >= 0.3 is 5.97 Å². The van der Waals surface area contributed by atoms with E-state index in [0.717, 1.165) is 5.52 Å². The highest BCUT2D eigenvalue weighted by molar-refractivity contribution is 6.53. The number of nitrogens with zero attached hydrogens (tertiary/aromatic N) is 2. The van der Waals surface area contributed by atoms with E-state index in [2.05, 4.69) is 9.97 Å². The largest absolute Gasteiger partial charge is 0.507 e. The third-order valence-corrected chi connectivity index (χ3v) is 5.18. The normalized spacial score (nSPS) is 22.6. The number of halogens is 2. The molecular formula is C16H13Cl2N3O3. The van der Waals surface area contributed by atoms with Crippen LogP contribution >= 0.6 is 23.2 Å². The van der Waals surface area contributed by atoms with Gasteiger partial charge in [-0.1, -0.05) is 12.1 Å². The van der Waals surface area contributed by atoms with Crippen molar-refractivity contribution in [3.8, 4) is 6.07 Å². The minimum absolute atomic E-state index is 0.0945. The third-order valence-electron chi connectivity index (χ3n) is 4.07. The van der Waals surface area contributed by atoms with Crippen LogP contribution in [0.2, 0.25) is 0 Å². The number of rotatable bonds is 4. The fraction of sp³-hybridized carbons (Fsp3) is 0.312. The predicted octanol–water partition coefficient (Wildman–Crippen LogP) is 3.48. The van der Waals surface area contributed by atoms with E-state index in [9.17, 15) is 15.2 Å². The zero-order chi connectivity index (χ0) is 17.5. The van der Waals surface area contributed by atoms with Crippen LogP contribution in [0.3, 0.4) is 0 Å². The SMILES string of the molecule is CC1(C(=O)OCC(O)=C(C#N)c2nc3ccccc3[nH]2)CC1(Cl)Cl. The lowest BCUT2D eigenvalue weighted by Crippen LogP contribution is -2.22. The van der Waals surface area contributed by atoms with E-state index in [4.69, 9.17) is 27.9 Å². The summed E-state index contributed by atoms with van der Waals surface area (Å²) < 4.78 is 3.88. The Morgan fingerprint density at radius 2 is 2.17 bits per heavy atom. The van der Waals surface area contributed by atoms with Crippen molar-refractivity contribution in [1.82, 2.24) is 9.97 Å². The topological polar surface area (TPSA) is 99.0 Å². The average Bonchev–Trinajstić information content (AvgIpc) is 2.89. The van der Waals surface area contributed by atoms with Crippen LogP contribution in [0, 0.1) is 16.7 Å². The highest BCUT2D eigenvalue weighted by Gasteiger charge is 2.69. The van der Waals surface area contributed by atoms with Gasteiger partial charge in [0.25, 0.3) is 0 Å². The molecule has 1 aromatic carbocycles. The van der Waals surface area contributed by atoms with Crippen LogP contribution < -0.4 is 0 Å². The number of esters is 1. The van der Waals surface area contributed by atoms with Gasteiger partial charge in [-0.2, -0.15) is 5.26 Å². The first-order valence-electron chi connectivity index (χ1n) is 7.11. The molecule has 2 N–H and O–H groups in total. The Kier molecular flexibility index (Phi) is 3.94. The number of benzene rings is 1. The molecule has 24 heavy (non-hydrogen) atoms. The number of aliphatic hydroxyl groups is 1. The van der Waals surface area contributed by atoms with Crippen molar-refractivity contribution in [1.29, 1.82) is 5.26 Å². The number of allylic oxidation sites excluding steroid dienone is 1. The van der Waals surface area contributed by atoms with Gasteiger partial charge in [-0.25, -0.2) is 4.98 Å². The summed E-state index contributed by atoms with van der Waals surface area (Å²) in [7, 11) is 0. The molecule has 1 saturated carbocycles. The molecule has 124 valence electrons. The molecule has 0 amide bonds. The lowest BCUT2D eigenvalue weighted by molar-refractivity contribution is -0.149. The maximum absolute atomic E-state index is 12.0. The number of imidazole rings is 1. The summed E-state index contributed by atoms with van der Waals surface area (Å²) in [6, 6.07) is 9.07. The molecule has 0 radical (unpaired) electrons. The first-order valence-corrected chi connectivity index (χ1v) is 7.86. The number of ether oxygens (including phenoxy) is 1. The van der Waals surface area contributed by atoms with Crippen LogP contribution in [-0.2, 0) is 9.53 Å². The van der Waals surface area contributed by atoms with Crippen LogP contribution in [0.5, 0.6) is 0 Å². The van der Waals surface area contributed by atoms with Crippen molar-refractivity contribution >= 4 is 45.8 Å². The highest BCUT2D eigenvalue weighted by Crippen LogP contribution is 2.64. The summed E-state index contributed by atoms with van der Waals surface area (Å²) in [6.45, 7) is 1.12. The van der Waals surface area contributed by atoms with Crippen molar-refractivity contribution in [2.75, 3.05) is 6.61 Å². The Morgan fingerprint density at radius 3 is 2.75 bits per heavy atom. The van der Waals surface area contributed by atoms with E-state index in [-0.39, 0.29) is 17.8 Å². The van der Waals surface area contributed by atoms with Crippen LogP contribution in [0.15, 0.2) is 30.0 Å². The first kappa shape index (κ1) is 16.6. The minimum atomic E-state index is -1.15. The summed E-state index contributed by atoms with van der Waals surface area (Å²) in [5.41, 5.74) is 0.292. The second-order valence-corrected chi connectivity index (χ2v) is 7.31. The molecule has 0 bridgehead atoms. The lowest BCUT2D eigenvalue weighted by atomic mass is 10.1. The van der Waals surface area contributed by atoms with Gasteiger partial charge in [-0.15, -0.1) is 23.2 Å². The molecule has 1 aliphatic carbocycles. The molecule has 2 aromatic rings. The van der Waals surface area contributed by atoms with Crippen LogP contribution in [0.4, 0.5) is 0 Å². The number of aromatic nitrogens is 2. The van der Waals surface area contributed by atoms with Crippen molar-refractivity contribution in [3.05, 3.63) is 35.8 Å². The Bertz CT molecular complexity index is 864. The Morgan fingerprint density at radius 1 is 1.50 bits per heavy atom. The number of H-pyrrole nitrogens is 1. The molecule has 0 spiro atoms. The van der Waals surface area contributed by atoms with E-state index in [1.165, 1.54) is 0 Å². The van der Waals surface area contributed by atoms with E-state index >= 15 is 0 Å². The number of nitriles is 1.